The van der Waals surface area contributed by atoms with Gasteiger partial charge in [0.15, 0.2) is 11.5 Å². The van der Waals surface area contributed by atoms with Crippen LogP contribution < -0.4 is 10.5 Å². The molecule has 0 aliphatic heterocycles. The summed E-state index contributed by atoms with van der Waals surface area (Å²) in [6.07, 6.45) is 1.11. The molecule has 3 nitrogen and oxygen atoms in total. The average molecular weight is 272 g/mol. The summed E-state index contributed by atoms with van der Waals surface area (Å²) < 4.78 is 6.01. The molecule has 0 heterocycles. The fourth-order valence-electron chi connectivity index (χ4n) is 1.90. The normalized spacial score (nSPS) is 23.9. The van der Waals surface area contributed by atoms with E-state index in [1.807, 2.05) is 0 Å². The second-order valence-electron chi connectivity index (χ2n) is 3.88. The van der Waals surface area contributed by atoms with Crippen LogP contribution >= 0.6 is 15.9 Å². The first-order valence-corrected chi connectivity index (χ1v) is 5.73. The van der Waals surface area contributed by atoms with Gasteiger partial charge in [-0.15, -0.1) is 0 Å². The number of nitrogens with two attached hydrogens (primary N) is 1. The van der Waals surface area contributed by atoms with Crippen molar-refractivity contribution in [1.82, 2.24) is 0 Å². The summed E-state index contributed by atoms with van der Waals surface area (Å²) in [5.41, 5.74) is 6.73. The van der Waals surface area contributed by atoms with Gasteiger partial charge >= 0.3 is 0 Å². The molecule has 1 aliphatic carbocycles. The number of rotatable bonds is 3. The van der Waals surface area contributed by atoms with Crippen molar-refractivity contribution in [2.45, 2.75) is 12.3 Å². The number of phenolic OH excluding ortho intramolecular Hbond substituents is 1. The van der Waals surface area contributed by atoms with E-state index in [4.69, 9.17) is 10.5 Å². The summed E-state index contributed by atoms with van der Waals surface area (Å²) in [5.74, 6) is 1.74. The van der Waals surface area contributed by atoms with Crippen LogP contribution in [0.2, 0.25) is 0 Å². The van der Waals surface area contributed by atoms with Crippen LogP contribution in [0.25, 0.3) is 0 Å². The lowest BCUT2D eigenvalue weighted by molar-refractivity contribution is 0.372. The molecule has 1 fully saturated rings. The van der Waals surface area contributed by atoms with Gasteiger partial charge in [0, 0.05) is 4.47 Å². The molecular formula is C11H14BrNO2. The van der Waals surface area contributed by atoms with Crippen molar-refractivity contribution in [3.63, 3.8) is 0 Å². The molecule has 15 heavy (non-hydrogen) atoms. The molecule has 2 rings (SSSR count). The number of halogens is 1. The Morgan fingerprint density at radius 1 is 1.60 bits per heavy atom. The van der Waals surface area contributed by atoms with Crippen molar-refractivity contribution < 1.29 is 9.84 Å². The van der Waals surface area contributed by atoms with E-state index in [1.165, 1.54) is 0 Å². The minimum atomic E-state index is 0.193. The van der Waals surface area contributed by atoms with E-state index in [9.17, 15) is 5.11 Å². The molecular weight excluding hydrogens is 258 g/mol. The lowest BCUT2D eigenvalue weighted by Crippen LogP contribution is -2.02. The van der Waals surface area contributed by atoms with Gasteiger partial charge in [-0.3, -0.25) is 0 Å². The van der Waals surface area contributed by atoms with Gasteiger partial charge in [0.1, 0.15) is 0 Å². The summed E-state index contributed by atoms with van der Waals surface area (Å²) in [6.45, 7) is 0.712. The summed E-state index contributed by atoms with van der Waals surface area (Å²) in [6, 6.07) is 3.57. The van der Waals surface area contributed by atoms with Gasteiger partial charge in [0.2, 0.25) is 0 Å². The minimum Gasteiger partial charge on any atom is -0.504 e. The fraction of sp³-hybridized carbons (Fsp3) is 0.455. The maximum atomic E-state index is 9.67. The van der Waals surface area contributed by atoms with E-state index in [2.05, 4.69) is 15.9 Å². The Morgan fingerprint density at radius 3 is 2.87 bits per heavy atom. The topological polar surface area (TPSA) is 55.5 Å². The Labute approximate surface area is 97.4 Å². The maximum absolute atomic E-state index is 9.67. The smallest absolute Gasteiger partial charge is 0.161 e. The highest BCUT2D eigenvalue weighted by Gasteiger charge is 2.38. The molecule has 0 amide bonds. The second kappa shape index (κ2) is 4.02. The van der Waals surface area contributed by atoms with Crippen molar-refractivity contribution in [3.8, 4) is 11.5 Å². The molecule has 0 spiro atoms. The van der Waals surface area contributed by atoms with Crippen molar-refractivity contribution in [2.24, 2.45) is 11.7 Å². The highest BCUT2D eigenvalue weighted by Crippen LogP contribution is 2.50. The standard InChI is InChI=1S/C11H14BrNO2/c1-15-11-4-9(12)8(3-10(11)14)7-2-6(7)5-13/h3-4,6-7,14H,2,5,13H2,1H3. The van der Waals surface area contributed by atoms with E-state index >= 15 is 0 Å². The molecule has 0 bridgehead atoms. The third-order valence-corrected chi connectivity index (χ3v) is 3.61. The molecule has 4 heteroatoms. The molecule has 82 valence electrons. The summed E-state index contributed by atoms with van der Waals surface area (Å²) in [7, 11) is 1.54. The van der Waals surface area contributed by atoms with Gasteiger partial charge in [-0.1, -0.05) is 15.9 Å². The van der Waals surface area contributed by atoms with Crippen LogP contribution in [0.5, 0.6) is 11.5 Å². The van der Waals surface area contributed by atoms with Gasteiger partial charge < -0.3 is 15.6 Å². The Morgan fingerprint density at radius 2 is 2.33 bits per heavy atom. The van der Waals surface area contributed by atoms with Crippen LogP contribution in [0, 0.1) is 5.92 Å². The van der Waals surface area contributed by atoms with Crippen molar-refractivity contribution >= 4 is 15.9 Å². The van der Waals surface area contributed by atoms with E-state index in [1.54, 1.807) is 19.2 Å². The highest BCUT2D eigenvalue weighted by atomic mass is 79.9. The predicted molar refractivity (Wildman–Crippen MR) is 62.3 cm³/mol. The van der Waals surface area contributed by atoms with E-state index in [0.29, 0.717) is 24.1 Å². The molecule has 1 saturated carbocycles. The molecule has 1 aromatic carbocycles. The molecule has 2 unspecified atom stereocenters. The third-order valence-electron chi connectivity index (χ3n) is 2.92. The van der Waals surface area contributed by atoms with Gasteiger partial charge in [0.05, 0.1) is 7.11 Å². The van der Waals surface area contributed by atoms with Crippen LogP contribution in [0.15, 0.2) is 16.6 Å². The van der Waals surface area contributed by atoms with E-state index in [-0.39, 0.29) is 5.75 Å². The molecule has 1 aliphatic rings. The Hall–Kier alpha value is -0.740. The van der Waals surface area contributed by atoms with Gasteiger partial charge in [-0.25, -0.2) is 0 Å². The first-order valence-electron chi connectivity index (χ1n) is 4.93. The number of aromatic hydroxyl groups is 1. The maximum Gasteiger partial charge on any atom is 0.161 e. The van der Waals surface area contributed by atoms with Gasteiger partial charge in [0.25, 0.3) is 0 Å². The van der Waals surface area contributed by atoms with E-state index in [0.717, 1.165) is 16.5 Å². The van der Waals surface area contributed by atoms with Crippen LogP contribution in [-0.4, -0.2) is 18.8 Å². The Bertz CT molecular complexity index is 381. The zero-order chi connectivity index (χ0) is 11.0. The first kappa shape index (κ1) is 10.8. The monoisotopic (exact) mass is 271 g/mol. The largest absolute Gasteiger partial charge is 0.504 e. The number of benzene rings is 1. The number of hydrogen-bond donors (Lipinski definition) is 2. The second-order valence-corrected chi connectivity index (χ2v) is 4.74. The van der Waals surface area contributed by atoms with Crippen LogP contribution in [0.3, 0.4) is 0 Å². The molecule has 0 aromatic heterocycles. The zero-order valence-electron chi connectivity index (χ0n) is 8.53. The first-order chi connectivity index (χ1) is 7.17. The summed E-state index contributed by atoms with van der Waals surface area (Å²) >= 11 is 3.49. The SMILES string of the molecule is COc1cc(Br)c(C2CC2CN)cc1O. The Balaban J connectivity index is 2.30. The molecule has 0 radical (unpaired) electrons. The van der Waals surface area contributed by atoms with Crippen LogP contribution in [0.4, 0.5) is 0 Å². The fourth-order valence-corrected chi connectivity index (χ4v) is 2.51. The van der Waals surface area contributed by atoms with Crippen LogP contribution in [0.1, 0.15) is 17.9 Å². The van der Waals surface area contributed by atoms with Crippen molar-refractivity contribution in [1.29, 1.82) is 0 Å². The van der Waals surface area contributed by atoms with Crippen molar-refractivity contribution in [3.05, 3.63) is 22.2 Å². The van der Waals surface area contributed by atoms with E-state index < -0.39 is 0 Å². The summed E-state index contributed by atoms with van der Waals surface area (Å²) in [4.78, 5) is 0. The van der Waals surface area contributed by atoms with Gasteiger partial charge in [-0.05, 0) is 42.5 Å². The Kier molecular flexibility index (Phi) is 2.89. The zero-order valence-corrected chi connectivity index (χ0v) is 10.1. The lowest BCUT2D eigenvalue weighted by Gasteiger charge is -2.08. The molecule has 1 aromatic rings. The van der Waals surface area contributed by atoms with Gasteiger partial charge in [-0.2, -0.15) is 0 Å². The van der Waals surface area contributed by atoms with Crippen LogP contribution in [-0.2, 0) is 0 Å². The highest BCUT2D eigenvalue weighted by molar-refractivity contribution is 9.10. The third kappa shape index (κ3) is 1.96. The predicted octanol–water partition coefficient (Wildman–Crippen LogP) is 2.23. The molecule has 0 saturated heterocycles. The van der Waals surface area contributed by atoms with Crippen molar-refractivity contribution in [2.75, 3.05) is 13.7 Å². The number of phenols is 1. The molecule has 3 N–H and O–H groups in total. The number of ether oxygens (including phenoxy) is 1. The minimum absolute atomic E-state index is 0.193. The average Bonchev–Trinajstić information content (AvgIpc) is 3.00. The summed E-state index contributed by atoms with van der Waals surface area (Å²) in [5, 5.41) is 9.67. The lowest BCUT2D eigenvalue weighted by atomic mass is 10.1. The number of methoxy groups -OCH3 is 1. The molecule has 2 atom stereocenters. The number of hydrogen-bond acceptors (Lipinski definition) is 3. The quantitative estimate of drug-likeness (QED) is 0.887.